The maximum atomic E-state index is 5.73. The van der Waals surface area contributed by atoms with Gasteiger partial charge >= 0.3 is 0 Å². The summed E-state index contributed by atoms with van der Waals surface area (Å²) in [7, 11) is 0. The molecule has 1 rings (SSSR count). The van der Waals surface area contributed by atoms with Crippen LogP contribution in [-0.4, -0.2) is 43.3 Å². The van der Waals surface area contributed by atoms with E-state index < -0.39 is 0 Å². The number of rotatable bonds is 3. The van der Waals surface area contributed by atoms with E-state index in [1.165, 1.54) is 0 Å². The van der Waals surface area contributed by atoms with Crippen molar-refractivity contribution in [2.24, 2.45) is 5.73 Å². The molecule has 2 unspecified atom stereocenters. The fraction of sp³-hybridized carbons (Fsp3) is 1.00. The van der Waals surface area contributed by atoms with E-state index in [-0.39, 0.29) is 0 Å². The average Bonchev–Trinajstić information content (AvgIpc) is 2.32. The first-order valence-electron chi connectivity index (χ1n) is 5.33. The molecule has 13 heavy (non-hydrogen) atoms. The van der Waals surface area contributed by atoms with Gasteiger partial charge in [0.25, 0.3) is 0 Å². The lowest BCUT2D eigenvalue weighted by molar-refractivity contribution is 0.0609. The van der Waals surface area contributed by atoms with Crippen LogP contribution in [0, 0.1) is 0 Å². The second-order valence-corrected chi connectivity index (χ2v) is 3.83. The van der Waals surface area contributed by atoms with Crippen molar-refractivity contribution >= 4 is 0 Å². The third-order valence-electron chi connectivity index (χ3n) is 2.74. The van der Waals surface area contributed by atoms with Crippen molar-refractivity contribution in [1.82, 2.24) is 4.90 Å². The quantitative estimate of drug-likeness (QED) is 0.709. The van der Waals surface area contributed by atoms with Gasteiger partial charge in [-0.05, 0) is 19.8 Å². The first-order chi connectivity index (χ1) is 6.27. The van der Waals surface area contributed by atoms with Crippen LogP contribution in [0.2, 0.25) is 0 Å². The molecule has 0 spiro atoms. The fourth-order valence-corrected chi connectivity index (χ4v) is 1.93. The van der Waals surface area contributed by atoms with Crippen LogP contribution in [0.3, 0.4) is 0 Å². The number of nitrogens with two attached hydrogens (primary N) is 1. The van der Waals surface area contributed by atoms with Gasteiger partial charge < -0.3 is 10.5 Å². The van der Waals surface area contributed by atoms with Crippen molar-refractivity contribution in [2.75, 3.05) is 26.2 Å². The molecule has 3 heteroatoms. The van der Waals surface area contributed by atoms with Crippen LogP contribution in [-0.2, 0) is 4.74 Å². The first-order valence-corrected chi connectivity index (χ1v) is 5.33. The lowest BCUT2D eigenvalue weighted by atomic mass is 10.1. The van der Waals surface area contributed by atoms with E-state index in [2.05, 4.69) is 18.7 Å². The Morgan fingerprint density at radius 1 is 1.62 bits per heavy atom. The van der Waals surface area contributed by atoms with Gasteiger partial charge in [0.05, 0.1) is 6.10 Å². The summed E-state index contributed by atoms with van der Waals surface area (Å²) in [5.74, 6) is 0. The molecule has 0 saturated carbocycles. The van der Waals surface area contributed by atoms with Crippen molar-refractivity contribution < 1.29 is 4.74 Å². The Morgan fingerprint density at radius 2 is 2.38 bits per heavy atom. The smallest absolute Gasteiger partial charge is 0.0674 e. The molecule has 1 saturated heterocycles. The van der Waals surface area contributed by atoms with Gasteiger partial charge in [-0.15, -0.1) is 0 Å². The number of ether oxygens (including phenoxy) is 1. The fourth-order valence-electron chi connectivity index (χ4n) is 1.93. The molecule has 1 fully saturated rings. The van der Waals surface area contributed by atoms with Crippen LogP contribution >= 0.6 is 0 Å². The molecule has 78 valence electrons. The largest absolute Gasteiger partial charge is 0.377 e. The second kappa shape index (κ2) is 5.58. The third kappa shape index (κ3) is 3.25. The Hall–Kier alpha value is -0.120. The molecule has 0 radical (unpaired) electrons. The highest BCUT2D eigenvalue weighted by atomic mass is 16.5. The van der Waals surface area contributed by atoms with E-state index in [1.807, 2.05) is 0 Å². The summed E-state index contributed by atoms with van der Waals surface area (Å²) in [5, 5.41) is 0. The zero-order chi connectivity index (χ0) is 9.68. The van der Waals surface area contributed by atoms with E-state index in [9.17, 15) is 0 Å². The van der Waals surface area contributed by atoms with Crippen molar-refractivity contribution in [3.8, 4) is 0 Å². The Kier molecular flexibility index (Phi) is 4.70. The lowest BCUT2D eigenvalue weighted by Gasteiger charge is -2.29. The Labute approximate surface area is 81.2 Å². The highest BCUT2D eigenvalue weighted by Gasteiger charge is 2.20. The van der Waals surface area contributed by atoms with Crippen LogP contribution in [0.15, 0.2) is 0 Å². The van der Waals surface area contributed by atoms with Crippen LogP contribution < -0.4 is 5.73 Å². The third-order valence-corrected chi connectivity index (χ3v) is 2.74. The van der Waals surface area contributed by atoms with Gasteiger partial charge in [0.2, 0.25) is 0 Å². The van der Waals surface area contributed by atoms with Gasteiger partial charge in [0.15, 0.2) is 0 Å². The molecule has 0 aromatic rings. The summed E-state index contributed by atoms with van der Waals surface area (Å²) in [5.41, 5.74) is 5.73. The molecule has 0 bridgehead atoms. The Bertz CT molecular complexity index is 137. The van der Waals surface area contributed by atoms with E-state index >= 15 is 0 Å². The molecule has 1 aliphatic rings. The normalized spacial score (nSPS) is 28.4. The standard InChI is InChI=1S/C10H22N2O/c1-3-10(7-11)12-5-4-6-13-9(2)8-12/h9-10H,3-8,11H2,1-2H3. The maximum Gasteiger partial charge on any atom is 0.0674 e. The molecule has 0 aromatic heterocycles. The topological polar surface area (TPSA) is 38.5 Å². The first kappa shape index (κ1) is 11.0. The summed E-state index contributed by atoms with van der Waals surface area (Å²) in [4.78, 5) is 2.47. The molecule has 0 amide bonds. The number of hydrogen-bond donors (Lipinski definition) is 1. The van der Waals surface area contributed by atoms with Gasteiger partial charge in [-0.25, -0.2) is 0 Å². The average molecular weight is 186 g/mol. The van der Waals surface area contributed by atoms with Crippen LogP contribution in [0.1, 0.15) is 26.7 Å². The van der Waals surface area contributed by atoms with Crippen molar-refractivity contribution in [3.05, 3.63) is 0 Å². The molecule has 1 heterocycles. The minimum atomic E-state index is 0.364. The van der Waals surface area contributed by atoms with Crippen molar-refractivity contribution in [3.63, 3.8) is 0 Å². The maximum absolute atomic E-state index is 5.73. The van der Waals surface area contributed by atoms with Crippen LogP contribution in [0.5, 0.6) is 0 Å². The van der Waals surface area contributed by atoms with Gasteiger partial charge in [-0.1, -0.05) is 6.92 Å². The van der Waals surface area contributed by atoms with Gasteiger partial charge in [-0.3, -0.25) is 4.90 Å². The zero-order valence-electron chi connectivity index (χ0n) is 8.83. The Morgan fingerprint density at radius 3 is 3.00 bits per heavy atom. The molecule has 2 atom stereocenters. The molecule has 0 aromatic carbocycles. The zero-order valence-corrected chi connectivity index (χ0v) is 8.83. The predicted molar refractivity (Wildman–Crippen MR) is 54.7 cm³/mol. The van der Waals surface area contributed by atoms with Crippen LogP contribution in [0.25, 0.3) is 0 Å². The lowest BCUT2D eigenvalue weighted by Crippen LogP contribution is -2.43. The van der Waals surface area contributed by atoms with Gasteiger partial charge in [0.1, 0.15) is 0 Å². The molecule has 1 aliphatic heterocycles. The van der Waals surface area contributed by atoms with Gasteiger partial charge in [-0.2, -0.15) is 0 Å². The van der Waals surface area contributed by atoms with Crippen molar-refractivity contribution in [2.45, 2.75) is 38.8 Å². The van der Waals surface area contributed by atoms with E-state index in [0.29, 0.717) is 12.1 Å². The molecule has 3 nitrogen and oxygen atoms in total. The Balaban J connectivity index is 2.45. The van der Waals surface area contributed by atoms with E-state index in [4.69, 9.17) is 10.5 Å². The second-order valence-electron chi connectivity index (χ2n) is 3.83. The summed E-state index contributed by atoms with van der Waals surface area (Å²) in [6.07, 6.45) is 2.65. The van der Waals surface area contributed by atoms with Crippen LogP contribution in [0.4, 0.5) is 0 Å². The molecular weight excluding hydrogens is 164 g/mol. The SMILES string of the molecule is CCC(CN)N1CCCOC(C)C1. The molecule has 2 N–H and O–H groups in total. The highest BCUT2D eigenvalue weighted by Crippen LogP contribution is 2.10. The van der Waals surface area contributed by atoms with E-state index in [1.54, 1.807) is 0 Å². The minimum Gasteiger partial charge on any atom is -0.377 e. The molecule has 0 aliphatic carbocycles. The highest BCUT2D eigenvalue weighted by molar-refractivity contribution is 4.75. The van der Waals surface area contributed by atoms with Crippen molar-refractivity contribution in [1.29, 1.82) is 0 Å². The number of nitrogens with zero attached hydrogens (tertiary/aromatic N) is 1. The predicted octanol–water partition coefficient (Wildman–Crippen LogP) is 0.834. The minimum absolute atomic E-state index is 0.364. The summed E-state index contributed by atoms with van der Waals surface area (Å²) < 4.78 is 5.59. The summed E-state index contributed by atoms with van der Waals surface area (Å²) in [6, 6.07) is 0.546. The summed E-state index contributed by atoms with van der Waals surface area (Å²) >= 11 is 0. The van der Waals surface area contributed by atoms with E-state index in [0.717, 1.165) is 39.1 Å². The van der Waals surface area contributed by atoms with Gasteiger partial charge in [0, 0.05) is 32.3 Å². The monoisotopic (exact) mass is 186 g/mol. The summed E-state index contributed by atoms with van der Waals surface area (Å²) in [6.45, 7) is 8.19. The molecular formula is C10H22N2O. The number of hydrogen-bond acceptors (Lipinski definition) is 3.